The highest BCUT2D eigenvalue weighted by Crippen LogP contribution is 2.59. The summed E-state index contributed by atoms with van der Waals surface area (Å²) in [6.45, 7) is 0. The van der Waals surface area contributed by atoms with Crippen molar-refractivity contribution in [2.24, 2.45) is 35.5 Å². The van der Waals surface area contributed by atoms with E-state index < -0.39 is 0 Å². The van der Waals surface area contributed by atoms with Crippen LogP contribution in [0.2, 0.25) is 0 Å². The Morgan fingerprint density at radius 3 is 1.62 bits per heavy atom. The molecule has 0 amide bonds. The summed E-state index contributed by atoms with van der Waals surface area (Å²) in [5.74, 6) is 8.66. The first-order valence-corrected chi connectivity index (χ1v) is 6.55. The molecule has 2 bridgehead atoms. The average Bonchev–Trinajstić information content (AvgIpc) is 2.53. The Morgan fingerprint density at radius 2 is 1.15 bits per heavy atom. The van der Waals surface area contributed by atoms with E-state index in [1.807, 2.05) is 0 Å². The molecule has 4 aliphatic carbocycles. The predicted molar refractivity (Wildman–Crippen MR) is 56.5 cm³/mol. The van der Waals surface area contributed by atoms with Crippen LogP contribution in [0, 0.1) is 35.5 Å². The molecule has 68 valence electrons. The Kier molecular flexibility index (Phi) is 1.24. The Balaban J connectivity index is 1.83. The molecule has 0 aromatic rings. The maximum Gasteiger partial charge on any atom is -0.00300 e. The normalized spacial score (nSPS) is 60.3. The third-order valence-corrected chi connectivity index (χ3v) is 5.84. The highest BCUT2D eigenvalue weighted by molar-refractivity contribution is 7.99. The van der Waals surface area contributed by atoms with Crippen molar-refractivity contribution < 1.29 is 0 Å². The molecular formula is C12H14S. The van der Waals surface area contributed by atoms with Crippen LogP contribution in [0.1, 0.15) is 0 Å². The fourth-order valence-corrected chi connectivity index (χ4v) is 5.51. The van der Waals surface area contributed by atoms with Crippen molar-refractivity contribution in [3.05, 3.63) is 24.3 Å². The van der Waals surface area contributed by atoms with Crippen molar-refractivity contribution >= 4 is 11.8 Å². The Morgan fingerprint density at radius 1 is 0.692 bits per heavy atom. The summed E-state index contributed by atoms with van der Waals surface area (Å²) in [4.78, 5) is 0. The average molecular weight is 190 g/mol. The van der Waals surface area contributed by atoms with Gasteiger partial charge in [0.2, 0.25) is 0 Å². The van der Waals surface area contributed by atoms with Crippen LogP contribution in [-0.4, -0.2) is 11.5 Å². The second-order valence-corrected chi connectivity index (χ2v) is 6.02. The highest BCUT2D eigenvalue weighted by Gasteiger charge is 2.53. The Bertz CT molecular complexity index is 276. The van der Waals surface area contributed by atoms with Gasteiger partial charge < -0.3 is 0 Å². The van der Waals surface area contributed by atoms with E-state index in [0.717, 1.165) is 35.5 Å². The minimum Gasteiger partial charge on any atom is -0.161 e. The third-order valence-electron chi connectivity index (χ3n) is 4.60. The van der Waals surface area contributed by atoms with Gasteiger partial charge in [-0.2, -0.15) is 11.8 Å². The van der Waals surface area contributed by atoms with Crippen LogP contribution in [0.3, 0.4) is 0 Å². The minimum absolute atomic E-state index is 0.917. The lowest BCUT2D eigenvalue weighted by atomic mass is 9.50. The summed E-state index contributed by atoms with van der Waals surface area (Å²) >= 11 is 2.19. The van der Waals surface area contributed by atoms with E-state index in [1.54, 1.807) is 0 Å². The lowest BCUT2D eigenvalue weighted by Crippen LogP contribution is -2.49. The smallest absolute Gasteiger partial charge is 0.00300 e. The van der Waals surface area contributed by atoms with Crippen molar-refractivity contribution in [2.75, 3.05) is 11.5 Å². The fourth-order valence-electron chi connectivity index (χ4n) is 3.89. The molecule has 13 heavy (non-hydrogen) atoms. The summed E-state index contributed by atoms with van der Waals surface area (Å²) in [5.41, 5.74) is 0. The number of hydrogen-bond donors (Lipinski definition) is 0. The van der Waals surface area contributed by atoms with Gasteiger partial charge in [0.25, 0.3) is 0 Å². The van der Waals surface area contributed by atoms with E-state index in [0.29, 0.717) is 0 Å². The summed E-state index contributed by atoms with van der Waals surface area (Å²) in [7, 11) is 0. The molecule has 0 spiro atoms. The van der Waals surface area contributed by atoms with Gasteiger partial charge >= 0.3 is 0 Å². The molecule has 0 unspecified atom stereocenters. The molecule has 0 aromatic heterocycles. The van der Waals surface area contributed by atoms with Gasteiger partial charge in [-0.05, 0) is 47.0 Å². The Hall–Kier alpha value is -0.170. The second kappa shape index (κ2) is 2.25. The molecule has 1 heterocycles. The van der Waals surface area contributed by atoms with E-state index in [-0.39, 0.29) is 0 Å². The molecule has 0 aromatic carbocycles. The lowest BCUT2D eigenvalue weighted by molar-refractivity contribution is 0.0672. The zero-order chi connectivity index (χ0) is 8.41. The van der Waals surface area contributed by atoms with Crippen LogP contribution in [0.5, 0.6) is 0 Å². The topological polar surface area (TPSA) is 0 Å². The van der Waals surface area contributed by atoms with Gasteiger partial charge in [-0.1, -0.05) is 24.3 Å². The van der Waals surface area contributed by atoms with Crippen molar-refractivity contribution in [3.8, 4) is 0 Å². The first kappa shape index (κ1) is 7.17. The molecule has 5 rings (SSSR count). The maximum atomic E-state index is 2.53. The summed E-state index contributed by atoms with van der Waals surface area (Å²) in [6.07, 6.45) is 9.99. The van der Waals surface area contributed by atoms with Gasteiger partial charge in [-0.25, -0.2) is 0 Å². The van der Waals surface area contributed by atoms with Crippen LogP contribution in [-0.2, 0) is 0 Å². The van der Waals surface area contributed by atoms with E-state index in [1.165, 1.54) is 11.5 Å². The second-order valence-electron chi connectivity index (χ2n) is 4.94. The molecule has 0 N–H and O–H groups in total. The van der Waals surface area contributed by atoms with Crippen LogP contribution >= 0.6 is 11.8 Å². The monoisotopic (exact) mass is 190 g/mol. The lowest BCUT2D eigenvalue weighted by Gasteiger charge is -2.53. The molecule has 1 saturated carbocycles. The van der Waals surface area contributed by atoms with Crippen molar-refractivity contribution in [3.63, 3.8) is 0 Å². The molecule has 6 atom stereocenters. The molecular weight excluding hydrogens is 176 g/mol. The quantitative estimate of drug-likeness (QED) is 0.529. The maximum absolute atomic E-state index is 2.53. The van der Waals surface area contributed by atoms with Crippen LogP contribution in [0.15, 0.2) is 24.3 Å². The SMILES string of the molecule is C1=C[C@@H]2[C@@H]1[C@H]1C=C[C@H]2[C@@H]2CSC[C@H]12. The zero-order valence-electron chi connectivity index (χ0n) is 7.60. The number of rotatable bonds is 0. The fraction of sp³-hybridized carbons (Fsp3) is 0.667. The van der Waals surface area contributed by atoms with Gasteiger partial charge in [0.1, 0.15) is 0 Å². The van der Waals surface area contributed by atoms with Gasteiger partial charge in [0.05, 0.1) is 0 Å². The third kappa shape index (κ3) is 0.721. The first-order chi connectivity index (χ1) is 6.45. The van der Waals surface area contributed by atoms with Crippen LogP contribution in [0.4, 0.5) is 0 Å². The van der Waals surface area contributed by atoms with Gasteiger partial charge in [-0.3, -0.25) is 0 Å². The molecule has 0 radical (unpaired) electrons. The standard InChI is InChI=1S/C12H14S/c1-2-8-7(1)9-3-4-10(8)12-6-13-5-11(9)12/h1-4,7-12H,5-6H2/t7-,8-,9-,10-,11-,12+/m1/s1. The number of thioether (sulfide) groups is 1. The molecule has 1 saturated heterocycles. The van der Waals surface area contributed by atoms with Crippen molar-refractivity contribution in [1.82, 2.24) is 0 Å². The number of allylic oxidation sites excluding steroid dienone is 4. The summed E-state index contributed by atoms with van der Waals surface area (Å²) < 4.78 is 0. The van der Waals surface area contributed by atoms with Crippen molar-refractivity contribution in [1.29, 1.82) is 0 Å². The highest BCUT2D eigenvalue weighted by atomic mass is 32.2. The molecule has 1 heteroatoms. The zero-order valence-corrected chi connectivity index (χ0v) is 8.41. The minimum atomic E-state index is 0.917. The molecule has 5 aliphatic rings. The predicted octanol–water partition coefficient (Wildman–Crippen LogP) is 2.58. The summed E-state index contributed by atoms with van der Waals surface area (Å²) in [6, 6.07) is 0. The summed E-state index contributed by atoms with van der Waals surface area (Å²) in [5, 5.41) is 0. The van der Waals surface area contributed by atoms with E-state index in [2.05, 4.69) is 36.1 Å². The Labute approximate surface area is 83.5 Å². The van der Waals surface area contributed by atoms with Crippen LogP contribution in [0.25, 0.3) is 0 Å². The molecule has 2 fully saturated rings. The van der Waals surface area contributed by atoms with E-state index in [9.17, 15) is 0 Å². The van der Waals surface area contributed by atoms with Gasteiger partial charge in [-0.15, -0.1) is 0 Å². The molecule has 1 aliphatic heterocycles. The largest absolute Gasteiger partial charge is 0.161 e. The van der Waals surface area contributed by atoms with E-state index in [4.69, 9.17) is 0 Å². The van der Waals surface area contributed by atoms with Gasteiger partial charge in [0.15, 0.2) is 0 Å². The van der Waals surface area contributed by atoms with Crippen LogP contribution < -0.4 is 0 Å². The van der Waals surface area contributed by atoms with Crippen molar-refractivity contribution in [2.45, 2.75) is 0 Å². The molecule has 0 nitrogen and oxygen atoms in total. The number of hydrogen-bond acceptors (Lipinski definition) is 1. The van der Waals surface area contributed by atoms with Gasteiger partial charge in [0, 0.05) is 0 Å². The first-order valence-electron chi connectivity index (χ1n) is 5.39. The van der Waals surface area contributed by atoms with E-state index >= 15 is 0 Å².